The van der Waals surface area contributed by atoms with Crippen molar-refractivity contribution in [1.29, 1.82) is 0 Å². The van der Waals surface area contributed by atoms with Crippen molar-refractivity contribution in [1.82, 2.24) is 15.7 Å². The number of thiocarbonyl (C=S) groups is 1. The number of pyridine rings is 1. The van der Waals surface area contributed by atoms with Crippen molar-refractivity contribution in [2.45, 2.75) is 18.9 Å². The number of nitrogens with zero attached hydrogens (tertiary/aromatic N) is 2. The molecule has 2 N–H and O–H groups in total. The Morgan fingerprint density at radius 3 is 3.05 bits per heavy atom. The summed E-state index contributed by atoms with van der Waals surface area (Å²) >= 11 is 5.25. The van der Waals surface area contributed by atoms with Crippen LogP contribution in [0.1, 0.15) is 18.4 Å². The number of hydrazone groups is 1. The van der Waals surface area contributed by atoms with Crippen molar-refractivity contribution in [3.8, 4) is 0 Å². The molecule has 1 saturated carbocycles. The van der Waals surface area contributed by atoms with Gasteiger partial charge in [-0.3, -0.25) is 10.4 Å². The zero-order valence-electron chi connectivity index (χ0n) is 10.5. The molecule has 3 atom stereocenters. The number of hydrogen-bond donors (Lipinski definition) is 2. The normalized spacial score (nSPS) is 27.9. The first-order valence-electron chi connectivity index (χ1n) is 6.49. The van der Waals surface area contributed by atoms with Gasteiger partial charge in [-0.15, -0.1) is 0 Å². The monoisotopic (exact) mass is 272 g/mol. The number of nitrogens with one attached hydrogen (secondary N) is 2. The molecule has 0 aromatic carbocycles. The lowest BCUT2D eigenvalue weighted by molar-refractivity contribution is 0.521. The number of fused-ring (bicyclic) bond motifs is 2. The summed E-state index contributed by atoms with van der Waals surface area (Å²) in [7, 11) is 0. The fraction of sp³-hybridized carbons (Fsp3) is 0.357. The summed E-state index contributed by atoms with van der Waals surface area (Å²) in [6, 6.07) is 4.28. The smallest absolute Gasteiger partial charge is 0.187 e. The Balaban J connectivity index is 1.47. The van der Waals surface area contributed by atoms with Crippen LogP contribution in [-0.4, -0.2) is 22.4 Å². The molecule has 98 valence electrons. The van der Waals surface area contributed by atoms with E-state index in [-0.39, 0.29) is 0 Å². The number of aromatic nitrogens is 1. The van der Waals surface area contributed by atoms with E-state index in [2.05, 4.69) is 33.0 Å². The molecule has 0 spiro atoms. The maximum atomic E-state index is 5.25. The molecule has 2 aliphatic carbocycles. The maximum Gasteiger partial charge on any atom is 0.187 e. The lowest BCUT2D eigenvalue weighted by Gasteiger charge is -2.20. The largest absolute Gasteiger partial charge is 0.358 e. The third-order valence-corrected chi connectivity index (χ3v) is 3.87. The van der Waals surface area contributed by atoms with Crippen LogP contribution in [0.15, 0.2) is 41.8 Å². The average molecular weight is 272 g/mol. The first-order valence-corrected chi connectivity index (χ1v) is 6.90. The minimum atomic E-state index is 0.462. The number of hydrogen-bond acceptors (Lipinski definition) is 3. The van der Waals surface area contributed by atoms with Gasteiger partial charge >= 0.3 is 0 Å². The van der Waals surface area contributed by atoms with Crippen LogP contribution >= 0.6 is 12.2 Å². The van der Waals surface area contributed by atoms with Crippen LogP contribution in [0.2, 0.25) is 0 Å². The molecule has 0 radical (unpaired) electrons. The van der Waals surface area contributed by atoms with Gasteiger partial charge in [-0.1, -0.05) is 18.2 Å². The summed E-state index contributed by atoms with van der Waals surface area (Å²) in [5.74, 6) is 1.37. The molecule has 2 aliphatic rings. The van der Waals surface area contributed by atoms with E-state index < -0.39 is 0 Å². The van der Waals surface area contributed by atoms with Crippen molar-refractivity contribution in [2.24, 2.45) is 16.9 Å². The lowest BCUT2D eigenvalue weighted by atomic mass is 10.0. The van der Waals surface area contributed by atoms with Gasteiger partial charge in [0.2, 0.25) is 0 Å². The third-order valence-electron chi connectivity index (χ3n) is 3.66. The molecular formula is C14H16N4S. The molecule has 2 bridgehead atoms. The van der Waals surface area contributed by atoms with Crippen LogP contribution in [0, 0.1) is 11.8 Å². The second-order valence-corrected chi connectivity index (χ2v) is 5.42. The zero-order valence-corrected chi connectivity index (χ0v) is 11.3. The molecule has 0 amide bonds. The van der Waals surface area contributed by atoms with Crippen LogP contribution in [0.5, 0.6) is 0 Å². The van der Waals surface area contributed by atoms with Gasteiger partial charge in [0.15, 0.2) is 5.11 Å². The Labute approximate surface area is 118 Å². The van der Waals surface area contributed by atoms with Gasteiger partial charge in [0.25, 0.3) is 0 Å². The van der Waals surface area contributed by atoms with Gasteiger partial charge in [-0.25, -0.2) is 0 Å². The molecule has 19 heavy (non-hydrogen) atoms. The highest BCUT2D eigenvalue weighted by Crippen LogP contribution is 2.38. The van der Waals surface area contributed by atoms with E-state index in [4.69, 9.17) is 12.2 Å². The van der Waals surface area contributed by atoms with Gasteiger partial charge in [-0.2, -0.15) is 5.10 Å². The molecule has 5 heteroatoms. The summed E-state index contributed by atoms with van der Waals surface area (Å²) in [5, 5.41) is 8.03. The van der Waals surface area contributed by atoms with Crippen LogP contribution in [0.3, 0.4) is 0 Å². The van der Waals surface area contributed by atoms with E-state index in [1.54, 1.807) is 18.6 Å². The highest BCUT2D eigenvalue weighted by atomic mass is 32.1. The summed E-state index contributed by atoms with van der Waals surface area (Å²) in [4.78, 5) is 4.02. The first-order chi connectivity index (χ1) is 9.31. The van der Waals surface area contributed by atoms with Crippen LogP contribution in [0.25, 0.3) is 0 Å². The SMILES string of the molecule is S=C(N/N=C\c1cccnc1)N[C@H]1C[C@H]2C=C[C@@H]1C2. The third kappa shape index (κ3) is 2.98. The van der Waals surface area contributed by atoms with E-state index in [9.17, 15) is 0 Å². The minimum Gasteiger partial charge on any atom is -0.358 e. The quantitative estimate of drug-likeness (QED) is 0.381. The summed E-state index contributed by atoms with van der Waals surface area (Å²) in [6.45, 7) is 0. The van der Waals surface area contributed by atoms with Gasteiger partial charge in [0.05, 0.1) is 6.21 Å². The van der Waals surface area contributed by atoms with Crippen molar-refractivity contribution in [3.63, 3.8) is 0 Å². The predicted octanol–water partition coefficient (Wildman–Crippen LogP) is 1.84. The molecule has 1 aromatic rings. The summed E-state index contributed by atoms with van der Waals surface area (Å²) in [6.07, 6.45) is 12.3. The average Bonchev–Trinajstić information content (AvgIpc) is 3.02. The molecule has 0 unspecified atom stereocenters. The Bertz CT molecular complexity index is 511. The Morgan fingerprint density at radius 2 is 2.37 bits per heavy atom. The lowest BCUT2D eigenvalue weighted by Crippen LogP contribution is -2.42. The first kappa shape index (κ1) is 12.3. The van der Waals surface area contributed by atoms with E-state index in [0.717, 1.165) is 11.5 Å². The van der Waals surface area contributed by atoms with Crippen molar-refractivity contribution < 1.29 is 0 Å². The molecule has 1 aromatic heterocycles. The highest BCUT2D eigenvalue weighted by Gasteiger charge is 2.35. The minimum absolute atomic E-state index is 0.462. The molecule has 3 rings (SSSR count). The van der Waals surface area contributed by atoms with Crippen LogP contribution in [0.4, 0.5) is 0 Å². The molecule has 0 saturated heterocycles. The standard InChI is InChI=1S/C14H16N4S/c19-14(17-13-7-10-3-4-12(13)6-10)18-16-9-11-2-1-5-15-8-11/h1-5,8-10,12-13H,6-7H2,(H2,17,18,19)/b16-9-/t10-,12+,13-/m0/s1. The van der Waals surface area contributed by atoms with E-state index in [1.807, 2.05) is 12.1 Å². The van der Waals surface area contributed by atoms with Crippen molar-refractivity contribution in [2.75, 3.05) is 0 Å². The fourth-order valence-electron chi connectivity index (χ4n) is 2.77. The molecule has 1 fully saturated rings. The fourth-order valence-corrected chi connectivity index (χ4v) is 2.97. The van der Waals surface area contributed by atoms with Gasteiger partial charge < -0.3 is 5.32 Å². The molecular weight excluding hydrogens is 256 g/mol. The van der Waals surface area contributed by atoms with Gasteiger partial charge in [-0.05, 0) is 43.0 Å². The van der Waals surface area contributed by atoms with E-state index in [0.29, 0.717) is 17.1 Å². The number of allylic oxidation sites excluding steroid dienone is 1. The van der Waals surface area contributed by atoms with Gasteiger partial charge in [0, 0.05) is 24.0 Å². The predicted molar refractivity (Wildman–Crippen MR) is 79.8 cm³/mol. The van der Waals surface area contributed by atoms with Crippen molar-refractivity contribution >= 4 is 23.5 Å². The second kappa shape index (κ2) is 5.48. The van der Waals surface area contributed by atoms with Crippen LogP contribution < -0.4 is 10.7 Å². The second-order valence-electron chi connectivity index (χ2n) is 5.02. The topological polar surface area (TPSA) is 49.3 Å². The number of rotatable bonds is 3. The van der Waals surface area contributed by atoms with Gasteiger partial charge in [0.1, 0.15) is 0 Å². The Hall–Kier alpha value is -1.75. The van der Waals surface area contributed by atoms with E-state index >= 15 is 0 Å². The van der Waals surface area contributed by atoms with E-state index in [1.165, 1.54) is 12.8 Å². The van der Waals surface area contributed by atoms with Crippen molar-refractivity contribution in [3.05, 3.63) is 42.2 Å². The highest BCUT2D eigenvalue weighted by molar-refractivity contribution is 7.80. The Morgan fingerprint density at radius 1 is 1.42 bits per heavy atom. The molecule has 1 heterocycles. The summed E-state index contributed by atoms with van der Waals surface area (Å²) < 4.78 is 0. The van der Waals surface area contributed by atoms with Crippen LogP contribution in [-0.2, 0) is 0 Å². The summed E-state index contributed by atoms with van der Waals surface area (Å²) in [5.41, 5.74) is 3.80. The zero-order chi connectivity index (χ0) is 13.1. The maximum absolute atomic E-state index is 5.25. The Kier molecular flexibility index (Phi) is 3.55. The molecule has 0 aliphatic heterocycles. The molecule has 4 nitrogen and oxygen atoms in total.